The van der Waals surface area contributed by atoms with Crippen LogP contribution in [0.5, 0.6) is 0 Å². The SMILES string of the molecule is CC(=O)N(CC(=O)NCc1ccccn1)c1ccc(C)c(C)c1. The summed E-state index contributed by atoms with van der Waals surface area (Å²) in [7, 11) is 0. The van der Waals surface area contributed by atoms with Crippen LogP contribution in [0.1, 0.15) is 23.7 Å². The summed E-state index contributed by atoms with van der Waals surface area (Å²) < 4.78 is 0. The number of nitrogens with one attached hydrogen (secondary N) is 1. The van der Waals surface area contributed by atoms with Crippen molar-refractivity contribution < 1.29 is 9.59 Å². The lowest BCUT2D eigenvalue weighted by Crippen LogP contribution is -2.39. The molecule has 0 saturated heterocycles. The van der Waals surface area contributed by atoms with E-state index in [0.29, 0.717) is 6.54 Å². The second-order valence-electron chi connectivity index (χ2n) is 5.47. The van der Waals surface area contributed by atoms with Gasteiger partial charge in [-0.3, -0.25) is 14.6 Å². The van der Waals surface area contributed by atoms with Gasteiger partial charge in [0.15, 0.2) is 0 Å². The summed E-state index contributed by atoms with van der Waals surface area (Å²) in [6.45, 7) is 5.79. The lowest BCUT2D eigenvalue weighted by molar-refractivity contribution is -0.123. The molecule has 5 heteroatoms. The first-order chi connectivity index (χ1) is 11.0. The van der Waals surface area contributed by atoms with Crippen molar-refractivity contribution in [3.63, 3.8) is 0 Å². The summed E-state index contributed by atoms with van der Waals surface area (Å²) in [5.74, 6) is -0.384. The quantitative estimate of drug-likeness (QED) is 0.922. The van der Waals surface area contributed by atoms with Crippen LogP contribution < -0.4 is 10.2 Å². The molecule has 0 unspecified atom stereocenters. The zero-order valence-electron chi connectivity index (χ0n) is 13.7. The van der Waals surface area contributed by atoms with Crippen molar-refractivity contribution in [1.82, 2.24) is 10.3 Å². The zero-order valence-corrected chi connectivity index (χ0v) is 13.7. The number of aromatic nitrogens is 1. The van der Waals surface area contributed by atoms with E-state index in [1.54, 1.807) is 6.20 Å². The summed E-state index contributed by atoms with van der Waals surface area (Å²) >= 11 is 0. The maximum Gasteiger partial charge on any atom is 0.240 e. The molecule has 2 rings (SSSR count). The summed E-state index contributed by atoms with van der Waals surface area (Å²) in [4.78, 5) is 29.6. The van der Waals surface area contributed by atoms with Gasteiger partial charge in [-0.1, -0.05) is 12.1 Å². The standard InChI is InChI=1S/C18H21N3O2/c1-13-7-8-17(10-14(13)2)21(15(3)22)12-18(23)20-11-16-6-4-5-9-19-16/h4-10H,11-12H2,1-3H3,(H,20,23). The van der Waals surface area contributed by atoms with E-state index in [2.05, 4.69) is 10.3 Å². The molecule has 0 fully saturated rings. The fourth-order valence-corrected chi connectivity index (χ4v) is 2.17. The third kappa shape index (κ3) is 4.64. The Labute approximate surface area is 136 Å². The van der Waals surface area contributed by atoms with Gasteiger partial charge in [-0.25, -0.2) is 0 Å². The Kier molecular flexibility index (Phi) is 5.46. The Balaban J connectivity index is 2.02. The molecule has 0 spiro atoms. The van der Waals surface area contributed by atoms with Gasteiger partial charge in [0.1, 0.15) is 6.54 Å². The van der Waals surface area contributed by atoms with Crippen molar-refractivity contribution in [2.24, 2.45) is 0 Å². The minimum absolute atomic E-state index is 0.00926. The van der Waals surface area contributed by atoms with E-state index in [0.717, 1.165) is 22.5 Å². The maximum atomic E-state index is 12.1. The first kappa shape index (κ1) is 16.7. The fraction of sp³-hybridized carbons (Fsp3) is 0.278. The molecule has 0 aliphatic heterocycles. The maximum absolute atomic E-state index is 12.1. The Hall–Kier alpha value is -2.69. The van der Waals surface area contributed by atoms with E-state index in [1.165, 1.54) is 11.8 Å². The van der Waals surface area contributed by atoms with E-state index in [4.69, 9.17) is 0 Å². The predicted molar refractivity (Wildman–Crippen MR) is 90.0 cm³/mol. The van der Waals surface area contributed by atoms with Crippen molar-refractivity contribution in [2.45, 2.75) is 27.3 Å². The van der Waals surface area contributed by atoms with Crippen molar-refractivity contribution in [3.05, 3.63) is 59.4 Å². The lowest BCUT2D eigenvalue weighted by Gasteiger charge is -2.21. The molecule has 1 aromatic heterocycles. The van der Waals surface area contributed by atoms with E-state index >= 15 is 0 Å². The summed E-state index contributed by atoms with van der Waals surface area (Å²) in [5, 5.41) is 2.78. The summed E-state index contributed by atoms with van der Waals surface area (Å²) in [6.07, 6.45) is 1.68. The molecular formula is C18H21N3O2. The highest BCUT2D eigenvalue weighted by Crippen LogP contribution is 2.18. The molecule has 120 valence electrons. The second-order valence-corrected chi connectivity index (χ2v) is 5.47. The smallest absolute Gasteiger partial charge is 0.240 e. The molecule has 1 N–H and O–H groups in total. The van der Waals surface area contributed by atoms with E-state index in [-0.39, 0.29) is 18.4 Å². The van der Waals surface area contributed by atoms with Gasteiger partial charge < -0.3 is 10.2 Å². The second kappa shape index (κ2) is 7.54. The van der Waals surface area contributed by atoms with Crippen LogP contribution in [0.3, 0.4) is 0 Å². The van der Waals surface area contributed by atoms with Crippen molar-refractivity contribution >= 4 is 17.5 Å². The number of anilines is 1. The van der Waals surface area contributed by atoms with Crippen molar-refractivity contribution in [1.29, 1.82) is 0 Å². The van der Waals surface area contributed by atoms with Crippen LogP contribution in [0.25, 0.3) is 0 Å². The summed E-state index contributed by atoms with van der Waals surface area (Å²) in [5.41, 5.74) is 3.74. The highest BCUT2D eigenvalue weighted by atomic mass is 16.2. The third-order valence-corrected chi connectivity index (χ3v) is 3.68. The Morgan fingerprint density at radius 3 is 2.52 bits per heavy atom. The van der Waals surface area contributed by atoms with Gasteiger partial charge in [-0.05, 0) is 49.2 Å². The highest BCUT2D eigenvalue weighted by molar-refractivity contribution is 5.97. The number of hydrogen-bond donors (Lipinski definition) is 1. The number of aryl methyl sites for hydroxylation is 2. The van der Waals surface area contributed by atoms with Crippen molar-refractivity contribution in [3.8, 4) is 0 Å². The normalized spacial score (nSPS) is 10.2. The van der Waals surface area contributed by atoms with Crippen LogP contribution in [-0.4, -0.2) is 23.3 Å². The molecule has 0 saturated carbocycles. The number of carbonyl (C=O) groups excluding carboxylic acids is 2. The molecule has 0 aliphatic rings. The van der Waals surface area contributed by atoms with Crippen LogP contribution in [-0.2, 0) is 16.1 Å². The largest absolute Gasteiger partial charge is 0.349 e. The van der Waals surface area contributed by atoms with Gasteiger partial charge in [-0.15, -0.1) is 0 Å². The number of nitrogens with zero attached hydrogens (tertiary/aromatic N) is 2. The van der Waals surface area contributed by atoms with Crippen LogP contribution in [0.4, 0.5) is 5.69 Å². The monoisotopic (exact) mass is 311 g/mol. The molecule has 0 atom stereocenters. The molecule has 2 amide bonds. The fourth-order valence-electron chi connectivity index (χ4n) is 2.17. The number of amides is 2. The summed E-state index contributed by atoms with van der Waals surface area (Å²) in [6, 6.07) is 11.3. The van der Waals surface area contributed by atoms with E-state index in [1.807, 2.05) is 50.2 Å². The highest BCUT2D eigenvalue weighted by Gasteiger charge is 2.16. The molecule has 1 heterocycles. The number of carbonyl (C=O) groups is 2. The first-order valence-corrected chi connectivity index (χ1v) is 7.49. The van der Waals surface area contributed by atoms with Crippen LogP contribution in [0, 0.1) is 13.8 Å². The zero-order chi connectivity index (χ0) is 16.8. The molecule has 5 nitrogen and oxygen atoms in total. The Morgan fingerprint density at radius 1 is 1.13 bits per heavy atom. The number of benzene rings is 1. The van der Waals surface area contributed by atoms with Crippen LogP contribution >= 0.6 is 0 Å². The Bertz CT molecular complexity index is 699. The average molecular weight is 311 g/mol. The van der Waals surface area contributed by atoms with Crippen molar-refractivity contribution in [2.75, 3.05) is 11.4 Å². The minimum Gasteiger partial charge on any atom is -0.349 e. The van der Waals surface area contributed by atoms with Crippen LogP contribution in [0.2, 0.25) is 0 Å². The minimum atomic E-state index is -0.218. The predicted octanol–water partition coefficient (Wildman–Crippen LogP) is 2.37. The van der Waals surface area contributed by atoms with E-state index < -0.39 is 0 Å². The molecule has 0 aliphatic carbocycles. The average Bonchev–Trinajstić information content (AvgIpc) is 2.54. The molecule has 23 heavy (non-hydrogen) atoms. The van der Waals surface area contributed by atoms with E-state index in [9.17, 15) is 9.59 Å². The Morgan fingerprint density at radius 2 is 1.91 bits per heavy atom. The lowest BCUT2D eigenvalue weighted by atomic mass is 10.1. The first-order valence-electron chi connectivity index (χ1n) is 7.49. The number of hydrogen-bond acceptors (Lipinski definition) is 3. The molecule has 0 bridgehead atoms. The van der Waals surface area contributed by atoms with Crippen LogP contribution in [0.15, 0.2) is 42.6 Å². The number of pyridine rings is 1. The van der Waals surface area contributed by atoms with Gasteiger partial charge in [0.05, 0.1) is 12.2 Å². The topological polar surface area (TPSA) is 62.3 Å². The van der Waals surface area contributed by atoms with Gasteiger partial charge in [-0.2, -0.15) is 0 Å². The number of rotatable bonds is 5. The molecule has 0 radical (unpaired) electrons. The molecule has 1 aromatic carbocycles. The molecule has 2 aromatic rings. The van der Waals surface area contributed by atoms with Gasteiger partial charge in [0.25, 0.3) is 0 Å². The third-order valence-electron chi connectivity index (χ3n) is 3.68. The molecular weight excluding hydrogens is 290 g/mol. The van der Waals surface area contributed by atoms with Gasteiger partial charge in [0, 0.05) is 18.8 Å². The van der Waals surface area contributed by atoms with Gasteiger partial charge >= 0.3 is 0 Å². The van der Waals surface area contributed by atoms with Gasteiger partial charge in [0.2, 0.25) is 11.8 Å².